The monoisotopic (exact) mass is 376 g/mol. The number of imide groups is 1. The summed E-state index contributed by atoms with van der Waals surface area (Å²) < 4.78 is 0. The van der Waals surface area contributed by atoms with Crippen LogP contribution < -0.4 is 10.7 Å². The summed E-state index contributed by atoms with van der Waals surface area (Å²) in [6.07, 6.45) is 2.18. The molecule has 0 radical (unpaired) electrons. The van der Waals surface area contributed by atoms with Gasteiger partial charge in [-0.05, 0) is 23.6 Å². The van der Waals surface area contributed by atoms with Crippen molar-refractivity contribution in [2.45, 2.75) is 25.3 Å². The third-order valence-electron chi connectivity index (χ3n) is 5.15. The minimum absolute atomic E-state index is 0.0472. The third-order valence-corrected chi connectivity index (χ3v) is 5.15. The van der Waals surface area contributed by atoms with Crippen molar-refractivity contribution >= 4 is 28.7 Å². The number of urea groups is 1. The van der Waals surface area contributed by atoms with Gasteiger partial charge >= 0.3 is 6.03 Å². The van der Waals surface area contributed by atoms with Crippen molar-refractivity contribution in [2.75, 3.05) is 0 Å². The highest BCUT2D eigenvalue weighted by Gasteiger charge is 2.52. The van der Waals surface area contributed by atoms with E-state index in [-0.39, 0.29) is 6.42 Å². The summed E-state index contributed by atoms with van der Waals surface area (Å²) in [6, 6.07) is 16.0. The second-order valence-electron chi connectivity index (χ2n) is 6.77. The molecule has 4 amide bonds. The largest absolute Gasteiger partial charge is 0.361 e. The Kier molecular flexibility index (Phi) is 4.35. The predicted molar refractivity (Wildman–Crippen MR) is 104 cm³/mol. The number of aromatic amines is 1. The van der Waals surface area contributed by atoms with Crippen LogP contribution >= 0.6 is 0 Å². The SMILES string of the molecule is CC[C@]1(c2ccccc2)NC(=O)N(NC(=O)Cc2c[nH]c3ccccc23)C1=O. The lowest BCUT2D eigenvalue weighted by Crippen LogP contribution is -2.49. The van der Waals surface area contributed by atoms with Crippen molar-refractivity contribution in [1.29, 1.82) is 0 Å². The van der Waals surface area contributed by atoms with E-state index >= 15 is 0 Å². The number of hydrazine groups is 1. The number of para-hydroxylation sites is 1. The number of benzene rings is 2. The van der Waals surface area contributed by atoms with Gasteiger partial charge in [0.2, 0.25) is 5.91 Å². The van der Waals surface area contributed by atoms with Gasteiger partial charge in [-0.25, -0.2) is 4.79 Å². The molecule has 1 saturated heterocycles. The summed E-state index contributed by atoms with van der Waals surface area (Å²) in [4.78, 5) is 41.1. The Balaban J connectivity index is 1.54. The molecule has 0 unspecified atom stereocenters. The first kappa shape index (κ1) is 17.8. The molecule has 7 nitrogen and oxygen atoms in total. The number of hydrogen-bond donors (Lipinski definition) is 3. The molecule has 0 bridgehead atoms. The summed E-state index contributed by atoms with van der Waals surface area (Å²) in [5.74, 6) is -0.924. The molecule has 2 heterocycles. The van der Waals surface area contributed by atoms with Crippen LogP contribution in [-0.4, -0.2) is 27.8 Å². The van der Waals surface area contributed by atoms with Gasteiger partial charge in [0.05, 0.1) is 6.42 Å². The van der Waals surface area contributed by atoms with Gasteiger partial charge in [-0.15, -0.1) is 0 Å². The van der Waals surface area contributed by atoms with Gasteiger partial charge in [0, 0.05) is 17.1 Å². The summed E-state index contributed by atoms with van der Waals surface area (Å²) in [6.45, 7) is 1.82. The van der Waals surface area contributed by atoms with Gasteiger partial charge in [-0.1, -0.05) is 55.5 Å². The van der Waals surface area contributed by atoms with Gasteiger partial charge in [0.15, 0.2) is 0 Å². The molecule has 28 heavy (non-hydrogen) atoms. The summed E-state index contributed by atoms with van der Waals surface area (Å²) in [5, 5.41) is 4.46. The van der Waals surface area contributed by atoms with Crippen LogP contribution in [0.2, 0.25) is 0 Å². The number of nitrogens with zero attached hydrogens (tertiary/aromatic N) is 1. The van der Waals surface area contributed by atoms with Crippen LogP contribution in [0.15, 0.2) is 60.8 Å². The van der Waals surface area contributed by atoms with Crippen LogP contribution in [-0.2, 0) is 21.5 Å². The highest BCUT2D eigenvalue weighted by atomic mass is 16.2. The lowest BCUT2D eigenvalue weighted by molar-refractivity contribution is -0.139. The highest BCUT2D eigenvalue weighted by molar-refractivity contribution is 6.08. The molecule has 0 saturated carbocycles. The minimum atomic E-state index is -1.17. The number of rotatable bonds is 5. The third kappa shape index (κ3) is 2.81. The average Bonchev–Trinajstić information content (AvgIpc) is 3.23. The predicted octanol–water partition coefficient (Wildman–Crippen LogP) is 2.60. The summed E-state index contributed by atoms with van der Waals surface area (Å²) >= 11 is 0. The van der Waals surface area contributed by atoms with Crippen molar-refractivity contribution in [3.63, 3.8) is 0 Å². The van der Waals surface area contributed by atoms with E-state index in [0.717, 1.165) is 21.5 Å². The van der Waals surface area contributed by atoms with Crippen LogP contribution in [0, 0.1) is 0 Å². The number of aromatic nitrogens is 1. The van der Waals surface area contributed by atoms with Crippen molar-refractivity contribution in [1.82, 2.24) is 20.7 Å². The molecule has 1 aliphatic rings. The molecule has 1 aromatic heterocycles. The maximum Gasteiger partial charge on any atom is 0.344 e. The maximum atomic E-state index is 13.0. The molecular formula is C21H20N4O3. The smallest absolute Gasteiger partial charge is 0.344 e. The molecule has 1 atom stereocenters. The van der Waals surface area contributed by atoms with E-state index in [1.165, 1.54) is 0 Å². The fraction of sp³-hybridized carbons (Fsp3) is 0.190. The molecule has 2 aromatic carbocycles. The first-order chi connectivity index (χ1) is 13.5. The summed E-state index contributed by atoms with van der Waals surface area (Å²) in [5.41, 5.74) is 3.69. The average molecular weight is 376 g/mol. The zero-order chi connectivity index (χ0) is 19.7. The summed E-state index contributed by atoms with van der Waals surface area (Å²) in [7, 11) is 0. The molecule has 3 N–H and O–H groups in total. The van der Waals surface area contributed by atoms with Crippen LogP contribution in [0.3, 0.4) is 0 Å². The first-order valence-electron chi connectivity index (χ1n) is 9.12. The van der Waals surface area contributed by atoms with Gasteiger partial charge in [-0.2, -0.15) is 5.01 Å². The van der Waals surface area contributed by atoms with Crippen LogP contribution in [0.4, 0.5) is 4.79 Å². The van der Waals surface area contributed by atoms with E-state index in [1.807, 2.05) is 49.4 Å². The molecular weight excluding hydrogens is 356 g/mol. The molecule has 0 spiro atoms. The number of hydrogen-bond acceptors (Lipinski definition) is 3. The maximum absolute atomic E-state index is 13.0. The van der Waals surface area contributed by atoms with Crippen molar-refractivity contribution in [2.24, 2.45) is 0 Å². The van der Waals surface area contributed by atoms with Crippen molar-refractivity contribution < 1.29 is 14.4 Å². The molecule has 142 valence electrons. The zero-order valence-corrected chi connectivity index (χ0v) is 15.4. The number of H-pyrrole nitrogens is 1. The normalized spacial score (nSPS) is 19.1. The van der Waals surface area contributed by atoms with Crippen LogP contribution in [0.1, 0.15) is 24.5 Å². The van der Waals surface area contributed by atoms with Gasteiger partial charge < -0.3 is 10.3 Å². The first-order valence-corrected chi connectivity index (χ1v) is 9.12. The molecule has 4 rings (SSSR count). The fourth-order valence-corrected chi connectivity index (χ4v) is 3.65. The highest BCUT2D eigenvalue weighted by Crippen LogP contribution is 2.31. The number of carbonyl (C=O) groups is 3. The topological polar surface area (TPSA) is 94.3 Å². The Labute approximate surface area is 161 Å². The fourth-order valence-electron chi connectivity index (χ4n) is 3.65. The number of nitrogens with one attached hydrogen (secondary N) is 3. The standard InChI is InChI=1S/C21H20N4O3/c1-2-21(15-8-4-3-5-9-15)19(27)25(20(28)23-21)24-18(26)12-14-13-22-17-11-7-6-10-16(14)17/h3-11,13,22H,2,12H2,1H3,(H,23,28)(H,24,26)/t21-/m1/s1. The molecule has 1 fully saturated rings. The molecule has 0 aliphatic carbocycles. The van der Waals surface area contributed by atoms with E-state index in [2.05, 4.69) is 15.7 Å². The Hall–Kier alpha value is -3.61. The lowest BCUT2D eigenvalue weighted by Gasteiger charge is -2.25. The Morgan fingerprint density at radius 1 is 1.07 bits per heavy atom. The molecule has 7 heteroatoms. The Bertz CT molecular complexity index is 1060. The number of amides is 4. The van der Waals surface area contributed by atoms with E-state index < -0.39 is 23.4 Å². The van der Waals surface area contributed by atoms with E-state index in [0.29, 0.717) is 12.0 Å². The van der Waals surface area contributed by atoms with E-state index in [4.69, 9.17) is 0 Å². The lowest BCUT2D eigenvalue weighted by atomic mass is 9.87. The van der Waals surface area contributed by atoms with E-state index in [9.17, 15) is 14.4 Å². The van der Waals surface area contributed by atoms with Gasteiger partial charge in [0.25, 0.3) is 5.91 Å². The molecule has 3 aromatic rings. The van der Waals surface area contributed by atoms with Crippen LogP contribution in [0.5, 0.6) is 0 Å². The quantitative estimate of drug-likeness (QED) is 0.598. The van der Waals surface area contributed by atoms with Crippen molar-refractivity contribution in [3.8, 4) is 0 Å². The van der Waals surface area contributed by atoms with E-state index in [1.54, 1.807) is 18.3 Å². The van der Waals surface area contributed by atoms with Gasteiger partial charge in [-0.3, -0.25) is 15.0 Å². The van der Waals surface area contributed by atoms with Crippen molar-refractivity contribution in [3.05, 3.63) is 71.9 Å². The number of fused-ring (bicyclic) bond motifs is 1. The van der Waals surface area contributed by atoms with Crippen LogP contribution in [0.25, 0.3) is 10.9 Å². The Morgan fingerprint density at radius 2 is 1.79 bits per heavy atom. The zero-order valence-electron chi connectivity index (χ0n) is 15.4. The molecule has 1 aliphatic heterocycles. The second-order valence-corrected chi connectivity index (χ2v) is 6.77. The number of carbonyl (C=O) groups excluding carboxylic acids is 3. The Morgan fingerprint density at radius 3 is 2.54 bits per heavy atom. The minimum Gasteiger partial charge on any atom is -0.361 e. The second kappa shape index (κ2) is 6.84. The van der Waals surface area contributed by atoms with Gasteiger partial charge in [0.1, 0.15) is 5.54 Å².